The molecular formula is C12H23NO4. The van der Waals surface area contributed by atoms with Gasteiger partial charge in [-0.1, -0.05) is 0 Å². The van der Waals surface area contributed by atoms with Crippen molar-refractivity contribution in [3.8, 4) is 0 Å². The van der Waals surface area contributed by atoms with E-state index in [4.69, 9.17) is 9.47 Å². The Labute approximate surface area is 103 Å². The highest BCUT2D eigenvalue weighted by Gasteiger charge is 2.17. The maximum absolute atomic E-state index is 11.3. The number of nitrogens with zero attached hydrogens (tertiary/aromatic N) is 1. The van der Waals surface area contributed by atoms with Crippen LogP contribution < -0.4 is 0 Å². The Bertz CT molecular complexity index is 256. The second kappa shape index (κ2) is 7.27. The maximum atomic E-state index is 11.3. The van der Waals surface area contributed by atoms with Crippen molar-refractivity contribution in [3.05, 3.63) is 0 Å². The normalized spacial score (nSPS) is 11.4. The first kappa shape index (κ1) is 15.9. The molecule has 0 amide bonds. The number of hydrogen-bond acceptors (Lipinski definition) is 5. The number of likely N-dealkylation sites (N-methyl/N-ethyl adjacent to an activating group) is 1. The van der Waals surface area contributed by atoms with E-state index in [-0.39, 0.29) is 24.8 Å². The molecular weight excluding hydrogens is 222 g/mol. The van der Waals surface area contributed by atoms with Gasteiger partial charge in [0, 0.05) is 6.54 Å². The van der Waals surface area contributed by atoms with Gasteiger partial charge >= 0.3 is 11.9 Å². The van der Waals surface area contributed by atoms with E-state index in [1.807, 2.05) is 19.0 Å². The monoisotopic (exact) mass is 245 g/mol. The quantitative estimate of drug-likeness (QED) is 0.658. The van der Waals surface area contributed by atoms with Gasteiger partial charge in [-0.3, -0.25) is 9.59 Å². The number of hydrogen-bond donors (Lipinski definition) is 0. The molecule has 0 saturated carbocycles. The Balaban J connectivity index is 3.67. The third-order valence-electron chi connectivity index (χ3n) is 1.75. The van der Waals surface area contributed by atoms with Crippen LogP contribution in [0.4, 0.5) is 0 Å². The molecule has 100 valence electrons. The van der Waals surface area contributed by atoms with Crippen LogP contribution in [0.5, 0.6) is 0 Å². The molecule has 0 aromatic rings. The van der Waals surface area contributed by atoms with Crippen LogP contribution in [-0.2, 0) is 19.1 Å². The summed E-state index contributed by atoms with van der Waals surface area (Å²) in [5.74, 6) is -0.736. The highest BCUT2D eigenvalue weighted by molar-refractivity contribution is 5.77. The van der Waals surface area contributed by atoms with Crippen LogP contribution >= 0.6 is 0 Å². The van der Waals surface area contributed by atoms with Crippen molar-refractivity contribution in [2.45, 2.75) is 39.2 Å². The van der Waals surface area contributed by atoms with Crippen molar-refractivity contribution in [2.75, 3.05) is 27.2 Å². The van der Waals surface area contributed by atoms with E-state index in [2.05, 4.69) is 0 Å². The van der Waals surface area contributed by atoms with E-state index in [1.54, 1.807) is 20.8 Å². The van der Waals surface area contributed by atoms with Gasteiger partial charge in [-0.25, -0.2) is 0 Å². The summed E-state index contributed by atoms with van der Waals surface area (Å²) in [7, 11) is 3.79. The standard InChI is InChI=1S/C12H23NO4/c1-12(2,3)17-11(15)7-6-10(14)16-9-8-13(4)5/h6-9H2,1-5H3. The molecule has 0 unspecified atom stereocenters. The highest BCUT2D eigenvalue weighted by atomic mass is 16.6. The topological polar surface area (TPSA) is 55.8 Å². The molecule has 0 N–H and O–H groups in total. The molecule has 0 rings (SSSR count). The van der Waals surface area contributed by atoms with Crippen LogP contribution in [0.15, 0.2) is 0 Å². The Hall–Kier alpha value is -1.10. The Kier molecular flexibility index (Phi) is 6.80. The first-order valence-corrected chi connectivity index (χ1v) is 5.73. The average Bonchev–Trinajstić information content (AvgIpc) is 2.11. The summed E-state index contributed by atoms with van der Waals surface area (Å²) in [6.07, 6.45) is 0.139. The number of esters is 2. The summed E-state index contributed by atoms with van der Waals surface area (Å²) in [6, 6.07) is 0. The molecule has 0 spiro atoms. The molecule has 0 radical (unpaired) electrons. The molecule has 0 aromatic carbocycles. The number of carbonyl (C=O) groups is 2. The number of carbonyl (C=O) groups excluding carboxylic acids is 2. The second-order valence-electron chi connectivity index (χ2n) is 5.11. The van der Waals surface area contributed by atoms with Crippen LogP contribution in [0.2, 0.25) is 0 Å². The SMILES string of the molecule is CN(C)CCOC(=O)CCC(=O)OC(C)(C)C. The van der Waals surface area contributed by atoms with Gasteiger partial charge in [0.05, 0.1) is 12.8 Å². The maximum Gasteiger partial charge on any atom is 0.306 e. The van der Waals surface area contributed by atoms with Crippen LogP contribution in [0.1, 0.15) is 33.6 Å². The lowest BCUT2D eigenvalue weighted by atomic mass is 10.2. The molecule has 5 nitrogen and oxygen atoms in total. The number of rotatable bonds is 6. The van der Waals surface area contributed by atoms with Crippen molar-refractivity contribution in [3.63, 3.8) is 0 Å². The lowest BCUT2D eigenvalue weighted by Crippen LogP contribution is -2.24. The van der Waals surface area contributed by atoms with E-state index in [9.17, 15) is 9.59 Å². The predicted molar refractivity (Wildman–Crippen MR) is 64.6 cm³/mol. The van der Waals surface area contributed by atoms with E-state index in [1.165, 1.54) is 0 Å². The largest absolute Gasteiger partial charge is 0.464 e. The van der Waals surface area contributed by atoms with Crippen molar-refractivity contribution < 1.29 is 19.1 Å². The predicted octanol–water partition coefficient (Wildman–Crippen LogP) is 1.21. The minimum absolute atomic E-state index is 0.0675. The summed E-state index contributed by atoms with van der Waals surface area (Å²) in [6.45, 7) is 6.40. The zero-order chi connectivity index (χ0) is 13.5. The molecule has 0 saturated heterocycles. The Morgan fingerprint density at radius 3 is 2.06 bits per heavy atom. The molecule has 0 fully saturated rings. The zero-order valence-corrected chi connectivity index (χ0v) is 11.4. The fourth-order valence-corrected chi connectivity index (χ4v) is 1.01. The second-order valence-corrected chi connectivity index (χ2v) is 5.11. The molecule has 0 aliphatic carbocycles. The van der Waals surface area contributed by atoms with Gasteiger partial charge in [0.25, 0.3) is 0 Å². The van der Waals surface area contributed by atoms with Crippen molar-refractivity contribution in [1.29, 1.82) is 0 Å². The van der Waals surface area contributed by atoms with E-state index < -0.39 is 5.60 Å². The average molecular weight is 245 g/mol. The van der Waals surface area contributed by atoms with Crippen molar-refractivity contribution in [1.82, 2.24) is 4.90 Å². The van der Waals surface area contributed by atoms with Crippen LogP contribution in [0.3, 0.4) is 0 Å². The van der Waals surface area contributed by atoms with Crippen molar-refractivity contribution >= 4 is 11.9 Å². The third-order valence-corrected chi connectivity index (χ3v) is 1.75. The fourth-order valence-electron chi connectivity index (χ4n) is 1.01. The van der Waals surface area contributed by atoms with E-state index in [0.29, 0.717) is 13.2 Å². The Morgan fingerprint density at radius 1 is 1.06 bits per heavy atom. The van der Waals surface area contributed by atoms with Gasteiger partial charge in [0.1, 0.15) is 12.2 Å². The van der Waals surface area contributed by atoms with E-state index in [0.717, 1.165) is 0 Å². The molecule has 0 aromatic heterocycles. The lowest BCUT2D eigenvalue weighted by molar-refractivity contribution is -0.158. The minimum atomic E-state index is -0.508. The van der Waals surface area contributed by atoms with Crippen molar-refractivity contribution in [2.24, 2.45) is 0 Å². The van der Waals surface area contributed by atoms with Gasteiger partial charge in [0.2, 0.25) is 0 Å². The summed E-state index contributed by atoms with van der Waals surface area (Å²) in [4.78, 5) is 24.5. The molecule has 0 aliphatic rings. The molecule has 0 atom stereocenters. The zero-order valence-electron chi connectivity index (χ0n) is 11.4. The number of ether oxygens (including phenoxy) is 2. The molecule has 17 heavy (non-hydrogen) atoms. The highest BCUT2D eigenvalue weighted by Crippen LogP contribution is 2.09. The molecule has 0 aliphatic heterocycles. The van der Waals surface area contributed by atoms with Crippen LogP contribution in [0.25, 0.3) is 0 Å². The fraction of sp³-hybridized carbons (Fsp3) is 0.833. The van der Waals surface area contributed by atoms with Gasteiger partial charge in [0.15, 0.2) is 0 Å². The van der Waals surface area contributed by atoms with Crippen LogP contribution in [-0.4, -0.2) is 49.7 Å². The van der Waals surface area contributed by atoms with E-state index >= 15 is 0 Å². The van der Waals surface area contributed by atoms with Gasteiger partial charge in [-0.05, 0) is 34.9 Å². The first-order chi connectivity index (χ1) is 7.70. The summed E-state index contributed by atoms with van der Waals surface area (Å²) in [5, 5.41) is 0. The molecule has 0 heterocycles. The smallest absolute Gasteiger partial charge is 0.306 e. The van der Waals surface area contributed by atoms with Gasteiger partial charge < -0.3 is 14.4 Å². The summed E-state index contributed by atoms with van der Waals surface area (Å²) in [5.41, 5.74) is -0.508. The van der Waals surface area contributed by atoms with Gasteiger partial charge in [-0.2, -0.15) is 0 Å². The van der Waals surface area contributed by atoms with Crippen LogP contribution in [0, 0.1) is 0 Å². The first-order valence-electron chi connectivity index (χ1n) is 5.73. The minimum Gasteiger partial charge on any atom is -0.464 e. The lowest BCUT2D eigenvalue weighted by Gasteiger charge is -2.19. The summed E-state index contributed by atoms with van der Waals surface area (Å²) < 4.78 is 10.0. The summed E-state index contributed by atoms with van der Waals surface area (Å²) >= 11 is 0. The van der Waals surface area contributed by atoms with Gasteiger partial charge in [-0.15, -0.1) is 0 Å². The third kappa shape index (κ3) is 11.2. The molecule has 0 bridgehead atoms. The Morgan fingerprint density at radius 2 is 1.59 bits per heavy atom. The molecule has 5 heteroatoms.